The molecule has 194 valence electrons. The molecule has 1 heterocycles. The number of carbonyl (C=O) groups excluding carboxylic acids is 2. The van der Waals surface area contributed by atoms with Gasteiger partial charge in [-0.05, 0) is 35.6 Å². The standard InChI is InChI=1S/C29H30O7S/c1-2-37-29-26(36-28(32)22-16-10-5-11-17-22)25(35-27(31)21-14-8-4-9-15-21)24(23(18-30)34-29)33-19-20-12-6-3-7-13-20/h3-17,23-26,29-30H,2,18-19H2,1H3/t23-,24-,25+,26-,29+/m1/s1. The van der Waals surface area contributed by atoms with Crippen LogP contribution in [-0.2, 0) is 25.6 Å². The number of rotatable bonds is 10. The van der Waals surface area contributed by atoms with E-state index in [1.807, 2.05) is 37.3 Å². The van der Waals surface area contributed by atoms with Gasteiger partial charge in [-0.2, -0.15) is 0 Å². The van der Waals surface area contributed by atoms with Crippen molar-refractivity contribution >= 4 is 23.7 Å². The Kier molecular flexibility index (Phi) is 9.73. The van der Waals surface area contributed by atoms with Crippen molar-refractivity contribution in [1.29, 1.82) is 0 Å². The van der Waals surface area contributed by atoms with Crippen molar-refractivity contribution < 1.29 is 33.6 Å². The zero-order valence-corrected chi connectivity index (χ0v) is 21.3. The second-order valence-electron chi connectivity index (χ2n) is 8.41. The molecule has 0 radical (unpaired) electrons. The van der Waals surface area contributed by atoms with Gasteiger partial charge in [0.2, 0.25) is 0 Å². The Morgan fingerprint density at radius 1 is 0.784 bits per heavy atom. The molecule has 1 aliphatic rings. The average molecular weight is 523 g/mol. The van der Waals surface area contributed by atoms with Crippen LogP contribution < -0.4 is 0 Å². The van der Waals surface area contributed by atoms with E-state index in [2.05, 4.69) is 0 Å². The average Bonchev–Trinajstić information content (AvgIpc) is 2.95. The Morgan fingerprint density at radius 2 is 1.30 bits per heavy atom. The van der Waals surface area contributed by atoms with Crippen LogP contribution in [0.25, 0.3) is 0 Å². The lowest BCUT2D eigenvalue weighted by molar-refractivity contribution is -0.224. The topological polar surface area (TPSA) is 91.3 Å². The van der Waals surface area contributed by atoms with Gasteiger partial charge in [0.05, 0.1) is 24.3 Å². The Hall–Kier alpha value is -3.17. The molecule has 0 aromatic heterocycles. The molecule has 4 rings (SSSR count). The summed E-state index contributed by atoms with van der Waals surface area (Å²) in [4.78, 5) is 26.2. The van der Waals surface area contributed by atoms with E-state index in [1.54, 1.807) is 60.7 Å². The van der Waals surface area contributed by atoms with E-state index in [0.717, 1.165) is 5.56 Å². The van der Waals surface area contributed by atoms with E-state index in [4.69, 9.17) is 18.9 Å². The molecule has 3 aromatic carbocycles. The first-order valence-electron chi connectivity index (χ1n) is 12.2. The maximum Gasteiger partial charge on any atom is 0.338 e. The third kappa shape index (κ3) is 6.99. The van der Waals surface area contributed by atoms with Gasteiger partial charge in [-0.25, -0.2) is 9.59 Å². The minimum Gasteiger partial charge on any atom is -0.452 e. The molecule has 8 heteroatoms. The van der Waals surface area contributed by atoms with Crippen molar-refractivity contribution in [3.05, 3.63) is 108 Å². The number of thioether (sulfide) groups is 1. The van der Waals surface area contributed by atoms with Crippen molar-refractivity contribution in [3.63, 3.8) is 0 Å². The van der Waals surface area contributed by atoms with Gasteiger partial charge < -0.3 is 24.1 Å². The predicted octanol–water partition coefficient (Wildman–Crippen LogP) is 4.49. The zero-order chi connectivity index (χ0) is 26.0. The quantitative estimate of drug-likeness (QED) is 0.390. The minimum absolute atomic E-state index is 0.190. The Balaban J connectivity index is 1.66. The molecule has 37 heavy (non-hydrogen) atoms. The highest BCUT2D eigenvalue weighted by molar-refractivity contribution is 7.99. The van der Waals surface area contributed by atoms with Crippen molar-refractivity contribution in [1.82, 2.24) is 0 Å². The monoisotopic (exact) mass is 522 g/mol. The molecule has 0 aliphatic carbocycles. The second-order valence-corrected chi connectivity index (χ2v) is 9.79. The van der Waals surface area contributed by atoms with Crippen LogP contribution in [0.2, 0.25) is 0 Å². The van der Waals surface area contributed by atoms with Crippen LogP contribution in [0.4, 0.5) is 0 Å². The SMILES string of the molecule is CCS[C@@H]1O[C@H](CO)[C@@H](OCc2ccccc2)[C@H](OC(=O)c2ccccc2)[C@H]1OC(=O)c1ccccc1. The first kappa shape index (κ1) is 26.9. The molecule has 7 nitrogen and oxygen atoms in total. The first-order valence-corrected chi connectivity index (χ1v) is 13.2. The summed E-state index contributed by atoms with van der Waals surface area (Å²) in [7, 11) is 0. The minimum atomic E-state index is -1.03. The fourth-order valence-electron chi connectivity index (χ4n) is 4.08. The van der Waals surface area contributed by atoms with E-state index in [0.29, 0.717) is 16.9 Å². The smallest absolute Gasteiger partial charge is 0.338 e. The summed E-state index contributed by atoms with van der Waals surface area (Å²) >= 11 is 1.40. The van der Waals surface area contributed by atoms with Gasteiger partial charge in [0.15, 0.2) is 12.2 Å². The van der Waals surface area contributed by atoms with Gasteiger partial charge in [0.25, 0.3) is 0 Å². The summed E-state index contributed by atoms with van der Waals surface area (Å²) in [5.74, 6) is -0.503. The number of hydrogen-bond donors (Lipinski definition) is 1. The van der Waals surface area contributed by atoms with Gasteiger partial charge >= 0.3 is 11.9 Å². The van der Waals surface area contributed by atoms with Crippen LogP contribution in [0.5, 0.6) is 0 Å². The zero-order valence-electron chi connectivity index (χ0n) is 20.5. The molecule has 5 atom stereocenters. The fraction of sp³-hybridized carbons (Fsp3) is 0.310. The summed E-state index contributed by atoms with van der Waals surface area (Å²) in [5, 5.41) is 10.2. The number of aliphatic hydroxyl groups excluding tert-OH is 1. The summed E-state index contributed by atoms with van der Waals surface area (Å²) < 4.78 is 24.3. The van der Waals surface area contributed by atoms with Crippen LogP contribution >= 0.6 is 11.8 Å². The third-order valence-electron chi connectivity index (χ3n) is 5.89. The number of aliphatic hydroxyl groups is 1. The van der Waals surface area contributed by atoms with Gasteiger partial charge in [0, 0.05) is 0 Å². The molecule has 0 unspecified atom stereocenters. The van der Waals surface area contributed by atoms with Crippen LogP contribution in [-0.4, -0.2) is 59.3 Å². The molecular weight excluding hydrogens is 492 g/mol. The predicted molar refractivity (Wildman–Crippen MR) is 140 cm³/mol. The molecule has 0 bridgehead atoms. The van der Waals surface area contributed by atoms with Crippen molar-refractivity contribution in [2.45, 2.75) is 43.4 Å². The molecule has 0 saturated carbocycles. The number of benzene rings is 3. The molecule has 1 N–H and O–H groups in total. The number of ether oxygens (including phenoxy) is 4. The third-order valence-corrected chi connectivity index (χ3v) is 6.93. The largest absolute Gasteiger partial charge is 0.452 e. The van der Waals surface area contributed by atoms with Gasteiger partial charge in [-0.3, -0.25) is 0 Å². The van der Waals surface area contributed by atoms with Gasteiger partial charge in [-0.15, -0.1) is 11.8 Å². The Bertz CT molecular complexity index is 1130. The van der Waals surface area contributed by atoms with E-state index in [9.17, 15) is 14.7 Å². The van der Waals surface area contributed by atoms with Crippen LogP contribution in [0.1, 0.15) is 33.2 Å². The van der Waals surface area contributed by atoms with Crippen molar-refractivity contribution in [3.8, 4) is 0 Å². The van der Waals surface area contributed by atoms with Crippen molar-refractivity contribution in [2.24, 2.45) is 0 Å². The first-order chi connectivity index (χ1) is 18.1. The molecule has 1 aliphatic heterocycles. The molecule has 3 aromatic rings. The van der Waals surface area contributed by atoms with Gasteiger partial charge in [0.1, 0.15) is 17.6 Å². The molecule has 0 spiro atoms. The summed E-state index contributed by atoms with van der Waals surface area (Å²) in [6.07, 6.45) is -3.69. The Labute approximate surface area is 220 Å². The van der Waals surface area contributed by atoms with E-state index in [-0.39, 0.29) is 13.2 Å². The number of carbonyl (C=O) groups is 2. The molecule has 0 amide bonds. The van der Waals surface area contributed by atoms with Crippen LogP contribution in [0.15, 0.2) is 91.0 Å². The fourth-order valence-corrected chi connectivity index (χ4v) is 5.03. The second kappa shape index (κ2) is 13.4. The lowest BCUT2D eigenvalue weighted by Gasteiger charge is -2.44. The number of esters is 2. The lowest BCUT2D eigenvalue weighted by Crippen LogP contribution is -2.61. The molecule has 1 saturated heterocycles. The lowest BCUT2D eigenvalue weighted by atomic mass is 9.99. The maximum atomic E-state index is 13.2. The summed E-state index contributed by atoms with van der Waals surface area (Å²) in [6.45, 7) is 1.77. The summed E-state index contributed by atoms with van der Waals surface area (Å²) in [6, 6.07) is 26.7. The van der Waals surface area contributed by atoms with Gasteiger partial charge in [-0.1, -0.05) is 73.7 Å². The maximum absolute atomic E-state index is 13.2. The summed E-state index contributed by atoms with van der Waals surface area (Å²) in [5.41, 5.74) is 0.932. The normalized spacial score (nSPS) is 23.2. The Morgan fingerprint density at radius 3 is 1.81 bits per heavy atom. The van der Waals surface area contributed by atoms with Crippen molar-refractivity contribution in [2.75, 3.05) is 12.4 Å². The highest BCUT2D eigenvalue weighted by Crippen LogP contribution is 2.35. The van der Waals surface area contributed by atoms with Crippen LogP contribution in [0.3, 0.4) is 0 Å². The van der Waals surface area contributed by atoms with E-state index in [1.165, 1.54) is 11.8 Å². The molecular formula is C29H30O7S. The number of hydrogen-bond acceptors (Lipinski definition) is 8. The van der Waals surface area contributed by atoms with Crippen LogP contribution in [0, 0.1) is 0 Å². The van der Waals surface area contributed by atoms with E-state index < -0.39 is 41.8 Å². The van der Waals surface area contributed by atoms with E-state index >= 15 is 0 Å². The highest BCUT2D eigenvalue weighted by atomic mass is 32.2. The molecule has 1 fully saturated rings. The highest BCUT2D eigenvalue weighted by Gasteiger charge is 2.51.